The molecule has 0 aromatic carbocycles. The van der Waals surface area contributed by atoms with E-state index in [1.165, 1.54) is 0 Å². The van der Waals surface area contributed by atoms with E-state index < -0.39 is 6.04 Å². The maximum absolute atomic E-state index is 11.4. The second kappa shape index (κ2) is 4.58. The number of carbonyl (C=O) groups excluding carboxylic acids is 1. The minimum atomic E-state index is -0.540. The largest absolute Gasteiger partial charge is 0.394 e. The molecule has 0 heterocycles. The predicted molar refractivity (Wildman–Crippen MR) is 52.1 cm³/mol. The number of nitrogens with one attached hydrogen (secondary N) is 1. The summed E-state index contributed by atoms with van der Waals surface area (Å²) in [4.78, 5) is 11.4. The normalized spacial score (nSPS) is 16.5. The van der Waals surface area contributed by atoms with Crippen LogP contribution in [0.3, 0.4) is 0 Å². The summed E-state index contributed by atoms with van der Waals surface area (Å²) in [5.41, 5.74) is 5.45. The molecule has 0 aliphatic carbocycles. The van der Waals surface area contributed by atoms with Crippen LogP contribution in [0, 0.1) is 5.41 Å². The number of amides is 1. The average Bonchev–Trinajstić information content (AvgIpc) is 2.01. The third kappa shape index (κ3) is 4.24. The number of hydrogen-bond acceptors (Lipinski definition) is 3. The maximum atomic E-state index is 11.4. The van der Waals surface area contributed by atoms with E-state index in [0.29, 0.717) is 0 Å². The number of rotatable bonds is 3. The summed E-state index contributed by atoms with van der Waals surface area (Å²) in [6, 6.07) is -0.776. The summed E-state index contributed by atoms with van der Waals surface area (Å²) in [6.07, 6.45) is 0. The molecule has 1 amide bonds. The minimum Gasteiger partial charge on any atom is -0.394 e. The standard InChI is InChI=1S/C9H20N2O2/c1-6(5-12)11-8(13)7(10)9(2,3)4/h6-7,12H,5,10H2,1-4H3,(H,11,13)/t6-,7+/m1/s1. The van der Waals surface area contributed by atoms with Crippen molar-refractivity contribution in [1.82, 2.24) is 5.32 Å². The fraction of sp³-hybridized carbons (Fsp3) is 0.889. The summed E-state index contributed by atoms with van der Waals surface area (Å²) in [7, 11) is 0. The lowest BCUT2D eigenvalue weighted by atomic mass is 9.87. The van der Waals surface area contributed by atoms with E-state index in [4.69, 9.17) is 10.8 Å². The molecular formula is C9H20N2O2. The van der Waals surface area contributed by atoms with Gasteiger partial charge < -0.3 is 16.2 Å². The highest BCUT2D eigenvalue weighted by molar-refractivity contribution is 5.82. The van der Waals surface area contributed by atoms with Gasteiger partial charge in [0, 0.05) is 6.04 Å². The van der Waals surface area contributed by atoms with Gasteiger partial charge in [0.1, 0.15) is 0 Å². The molecule has 0 fully saturated rings. The van der Waals surface area contributed by atoms with Gasteiger partial charge in [-0.1, -0.05) is 20.8 Å². The highest BCUT2D eigenvalue weighted by Crippen LogP contribution is 2.17. The third-order valence-electron chi connectivity index (χ3n) is 1.88. The third-order valence-corrected chi connectivity index (χ3v) is 1.88. The zero-order valence-electron chi connectivity index (χ0n) is 8.79. The molecule has 0 saturated heterocycles. The van der Waals surface area contributed by atoms with Crippen LogP contribution >= 0.6 is 0 Å². The van der Waals surface area contributed by atoms with Crippen LogP contribution < -0.4 is 11.1 Å². The first-order valence-corrected chi connectivity index (χ1v) is 4.46. The summed E-state index contributed by atoms with van der Waals surface area (Å²) in [6.45, 7) is 7.37. The predicted octanol–water partition coefficient (Wildman–Crippen LogP) is -0.143. The smallest absolute Gasteiger partial charge is 0.237 e. The summed E-state index contributed by atoms with van der Waals surface area (Å²) < 4.78 is 0. The van der Waals surface area contributed by atoms with Gasteiger partial charge in [0.15, 0.2) is 0 Å². The van der Waals surface area contributed by atoms with Crippen molar-refractivity contribution in [2.75, 3.05) is 6.61 Å². The Hall–Kier alpha value is -0.610. The first-order valence-electron chi connectivity index (χ1n) is 4.46. The number of carbonyl (C=O) groups is 1. The molecular weight excluding hydrogens is 168 g/mol. The van der Waals surface area contributed by atoms with Crippen molar-refractivity contribution in [2.24, 2.45) is 11.1 Å². The van der Waals surface area contributed by atoms with Gasteiger partial charge in [-0.25, -0.2) is 0 Å². The van der Waals surface area contributed by atoms with Crippen LogP contribution in [0.2, 0.25) is 0 Å². The van der Waals surface area contributed by atoms with Crippen LogP contribution in [-0.2, 0) is 4.79 Å². The van der Waals surface area contributed by atoms with Crippen LogP contribution in [0.4, 0.5) is 0 Å². The Morgan fingerprint density at radius 3 is 2.31 bits per heavy atom. The van der Waals surface area contributed by atoms with Crippen molar-refractivity contribution in [3.05, 3.63) is 0 Å². The van der Waals surface area contributed by atoms with E-state index in [-0.39, 0.29) is 24.0 Å². The van der Waals surface area contributed by atoms with Gasteiger partial charge in [0.2, 0.25) is 5.91 Å². The van der Waals surface area contributed by atoms with Gasteiger partial charge in [-0.2, -0.15) is 0 Å². The van der Waals surface area contributed by atoms with Gasteiger partial charge in [-0.05, 0) is 12.3 Å². The molecule has 78 valence electrons. The Morgan fingerprint density at radius 1 is 1.54 bits per heavy atom. The van der Waals surface area contributed by atoms with Gasteiger partial charge in [-0.15, -0.1) is 0 Å². The SMILES string of the molecule is C[C@H](CO)NC(=O)[C@H](N)C(C)(C)C. The lowest BCUT2D eigenvalue weighted by Crippen LogP contribution is -2.51. The second-order valence-corrected chi connectivity index (χ2v) is 4.44. The van der Waals surface area contributed by atoms with Crippen LogP contribution in [0.25, 0.3) is 0 Å². The molecule has 0 aromatic rings. The maximum Gasteiger partial charge on any atom is 0.237 e. The Balaban J connectivity index is 4.12. The van der Waals surface area contributed by atoms with Crippen LogP contribution in [0.15, 0.2) is 0 Å². The Bertz CT molecular complexity index is 175. The minimum absolute atomic E-state index is 0.0669. The quantitative estimate of drug-likeness (QED) is 0.577. The monoisotopic (exact) mass is 188 g/mol. The first kappa shape index (κ1) is 12.4. The summed E-state index contributed by atoms with van der Waals surface area (Å²) >= 11 is 0. The fourth-order valence-corrected chi connectivity index (χ4v) is 0.772. The Morgan fingerprint density at radius 2 is 2.00 bits per heavy atom. The molecule has 0 saturated carbocycles. The number of hydrogen-bond donors (Lipinski definition) is 3. The average molecular weight is 188 g/mol. The van der Waals surface area contributed by atoms with E-state index >= 15 is 0 Å². The molecule has 0 unspecified atom stereocenters. The van der Waals surface area contributed by atoms with Crippen molar-refractivity contribution in [2.45, 2.75) is 39.8 Å². The molecule has 4 nitrogen and oxygen atoms in total. The number of nitrogens with two attached hydrogens (primary N) is 1. The van der Waals surface area contributed by atoms with Gasteiger partial charge >= 0.3 is 0 Å². The topological polar surface area (TPSA) is 75.3 Å². The van der Waals surface area contributed by atoms with Crippen molar-refractivity contribution in [3.63, 3.8) is 0 Å². The molecule has 0 radical (unpaired) electrons. The Labute approximate surface area is 79.5 Å². The Kier molecular flexibility index (Phi) is 4.36. The molecule has 4 heteroatoms. The second-order valence-electron chi connectivity index (χ2n) is 4.44. The van der Waals surface area contributed by atoms with Crippen molar-refractivity contribution < 1.29 is 9.90 Å². The van der Waals surface area contributed by atoms with Gasteiger partial charge in [0.05, 0.1) is 12.6 Å². The van der Waals surface area contributed by atoms with E-state index in [0.717, 1.165) is 0 Å². The van der Waals surface area contributed by atoms with E-state index in [1.54, 1.807) is 6.92 Å². The first-order chi connectivity index (χ1) is 5.79. The van der Waals surface area contributed by atoms with Crippen molar-refractivity contribution in [1.29, 1.82) is 0 Å². The number of aliphatic hydroxyl groups excluding tert-OH is 1. The molecule has 4 N–H and O–H groups in total. The highest BCUT2D eigenvalue weighted by atomic mass is 16.3. The van der Waals surface area contributed by atoms with Gasteiger partial charge in [0.25, 0.3) is 0 Å². The molecule has 2 atom stereocenters. The fourth-order valence-electron chi connectivity index (χ4n) is 0.772. The molecule has 0 aromatic heterocycles. The summed E-state index contributed by atoms with van der Waals surface area (Å²) in [5.74, 6) is -0.214. The van der Waals surface area contributed by atoms with Crippen LogP contribution in [-0.4, -0.2) is 29.7 Å². The zero-order valence-corrected chi connectivity index (χ0v) is 8.79. The number of aliphatic hydroxyl groups is 1. The molecule has 0 spiro atoms. The zero-order chi connectivity index (χ0) is 10.6. The van der Waals surface area contributed by atoms with E-state index in [2.05, 4.69) is 5.32 Å². The van der Waals surface area contributed by atoms with Crippen molar-refractivity contribution in [3.8, 4) is 0 Å². The molecule has 0 aliphatic rings. The lowest BCUT2D eigenvalue weighted by Gasteiger charge is -2.26. The van der Waals surface area contributed by atoms with E-state index in [1.807, 2.05) is 20.8 Å². The van der Waals surface area contributed by atoms with Gasteiger partial charge in [-0.3, -0.25) is 4.79 Å². The van der Waals surface area contributed by atoms with Crippen molar-refractivity contribution >= 4 is 5.91 Å². The molecule has 0 rings (SSSR count). The molecule has 0 bridgehead atoms. The molecule has 13 heavy (non-hydrogen) atoms. The lowest BCUT2D eigenvalue weighted by molar-refractivity contribution is -0.125. The highest BCUT2D eigenvalue weighted by Gasteiger charge is 2.27. The molecule has 0 aliphatic heterocycles. The summed E-state index contributed by atoms with van der Waals surface area (Å²) in [5, 5.41) is 11.3. The van der Waals surface area contributed by atoms with Crippen LogP contribution in [0.1, 0.15) is 27.7 Å². The van der Waals surface area contributed by atoms with Crippen LogP contribution in [0.5, 0.6) is 0 Å². The van der Waals surface area contributed by atoms with E-state index in [9.17, 15) is 4.79 Å².